The van der Waals surface area contributed by atoms with Crippen molar-refractivity contribution in [1.82, 2.24) is 4.90 Å². The summed E-state index contributed by atoms with van der Waals surface area (Å²) in [4.78, 5) is 37.0. The third-order valence-corrected chi connectivity index (χ3v) is 4.03. The Kier molecular flexibility index (Phi) is 7.85. The van der Waals surface area contributed by atoms with Crippen molar-refractivity contribution in [3.05, 3.63) is 47.5 Å². The van der Waals surface area contributed by atoms with Crippen molar-refractivity contribution in [2.45, 2.75) is 6.92 Å². The molecule has 0 heterocycles. The lowest BCUT2D eigenvalue weighted by molar-refractivity contribution is -0.135. The van der Waals surface area contributed by atoms with Gasteiger partial charge in [0.05, 0.1) is 25.0 Å². The van der Waals surface area contributed by atoms with Crippen LogP contribution in [0, 0.1) is 0 Å². The molecule has 3 amide bonds. The number of carbonyl (C=O) groups is 3. The van der Waals surface area contributed by atoms with Crippen LogP contribution < -0.4 is 20.1 Å². The molecular weight excluding hydrogens is 398 g/mol. The fourth-order valence-electron chi connectivity index (χ4n) is 2.41. The van der Waals surface area contributed by atoms with Gasteiger partial charge >= 0.3 is 0 Å². The molecule has 2 aromatic rings. The fraction of sp³-hybridized carbons (Fsp3) is 0.250. The summed E-state index contributed by atoms with van der Waals surface area (Å²) in [6, 6.07) is 11.6. The lowest BCUT2D eigenvalue weighted by Crippen LogP contribution is -2.37. The maximum Gasteiger partial charge on any atom is 0.260 e. The third kappa shape index (κ3) is 6.69. The molecule has 0 atom stereocenters. The van der Waals surface area contributed by atoms with Crippen molar-refractivity contribution >= 4 is 40.7 Å². The first-order valence-corrected chi connectivity index (χ1v) is 9.04. The fourth-order valence-corrected chi connectivity index (χ4v) is 2.58. The molecule has 0 saturated heterocycles. The lowest BCUT2D eigenvalue weighted by atomic mass is 10.3. The highest BCUT2D eigenvalue weighted by molar-refractivity contribution is 6.31. The van der Waals surface area contributed by atoms with Crippen molar-refractivity contribution in [2.24, 2.45) is 0 Å². The van der Waals surface area contributed by atoms with Crippen molar-refractivity contribution in [3.8, 4) is 11.5 Å². The zero-order chi connectivity index (χ0) is 21.4. The van der Waals surface area contributed by atoms with Gasteiger partial charge in [-0.15, -0.1) is 0 Å². The number of benzene rings is 2. The van der Waals surface area contributed by atoms with Crippen molar-refractivity contribution in [2.75, 3.05) is 37.9 Å². The summed E-state index contributed by atoms with van der Waals surface area (Å²) in [6.45, 7) is 0.898. The molecule has 2 N–H and O–H groups in total. The number of nitrogens with zero attached hydrogens (tertiary/aromatic N) is 1. The van der Waals surface area contributed by atoms with E-state index in [1.807, 2.05) is 0 Å². The van der Waals surface area contributed by atoms with Gasteiger partial charge in [-0.05, 0) is 30.3 Å². The van der Waals surface area contributed by atoms with Gasteiger partial charge in [0.1, 0.15) is 11.5 Å². The van der Waals surface area contributed by atoms with E-state index in [2.05, 4.69) is 10.6 Å². The average Bonchev–Trinajstić information content (AvgIpc) is 2.66. The SMILES string of the molecule is COc1ccc(Cl)cc1NC(=O)CN(C)C(=O)COc1ccccc1NC(C)=O. The van der Waals surface area contributed by atoms with E-state index in [0.29, 0.717) is 27.9 Å². The summed E-state index contributed by atoms with van der Waals surface area (Å²) in [5.74, 6) is -0.263. The van der Waals surface area contributed by atoms with E-state index >= 15 is 0 Å². The van der Waals surface area contributed by atoms with E-state index < -0.39 is 11.8 Å². The first-order valence-electron chi connectivity index (χ1n) is 8.67. The minimum Gasteiger partial charge on any atom is -0.495 e. The van der Waals surface area contributed by atoms with Gasteiger partial charge in [-0.3, -0.25) is 14.4 Å². The second kappa shape index (κ2) is 10.3. The van der Waals surface area contributed by atoms with Gasteiger partial charge in [-0.25, -0.2) is 0 Å². The molecule has 0 unspecified atom stereocenters. The number of amides is 3. The van der Waals surface area contributed by atoms with E-state index in [4.69, 9.17) is 21.1 Å². The number of ether oxygens (including phenoxy) is 2. The third-order valence-electron chi connectivity index (χ3n) is 3.79. The number of nitrogens with one attached hydrogen (secondary N) is 2. The van der Waals surface area contributed by atoms with Crippen LogP contribution in [0.15, 0.2) is 42.5 Å². The molecule has 0 spiro atoms. The second-order valence-electron chi connectivity index (χ2n) is 6.11. The minimum absolute atomic E-state index is 0.189. The number of likely N-dealkylation sites (N-methyl/N-ethyl adjacent to an activating group) is 1. The molecule has 0 aliphatic heterocycles. The second-order valence-corrected chi connectivity index (χ2v) is 6.55. The highest BCUT2D eigenvalue weighted by atomic mass is 35.5. The monoisotopic (exact) mass is 419 g/mol. The Bertz CT molecular complexity index is 903. The van der Waals surface area contributed by atoms with Crippen molar-refractivity contribution in [1.29, 1.82) is 0 Å². The molecular formula is C20H22ClN3O5. The predicted molar refractivity (Wildman–Crippen MR) is 111 cm³/mol. The summed E-state index contributed by atoms with van der Waals surface area (Å²) in [5, 5.41) is 5.73. The number of rotatable bonds is 8. The molecule has 0 aliphatic rings. The van der Waals surface area contributed by atoms with Crippen molar-refractivity contribution in [3.63, 3.8) is 0 Å². The van der Waals surface area contributed by atoms with Gasteiger partial charge in [-0.2, -0.15) is 0 Å². The number of hydrogen-bond acceptors (Lipinski definition) is 5. The molecule has 9 heteroatoms. The topological polar surface area (TPSA) is 97.0 Å². The van der Waals surface area contributed by atoms with Crippen LogP contribution in [0.5, 0.6) is 11.5 Å². The number of carbonyl (C=O) groups excluding carboxylic acids is 3. The Labute approximate surface area is 173 Å². The smallest absolute Gasteiger partial charge is 0.260 e. The normalized spacial score (nSPS) is 10.1. The van der Waals surface area contributed by atoms with Crippen LogP contribution in [-0.4, -0.2) is 49.9 Å². The van der Waals surface area contributed by atoms with Crippen LogP contribution in [-0.2, 0) is 14.4 Å². The molecule has 154 valence electrons. The maximum absolute atomic E-state index is 12.3. The molecule has 2 rings (SSSR count). The van der Waals surface area contributed by atoms with E-state index in [1.54, 1.807) is 42.5 Å². The van der Waals surface area contributed by atoms with Gasteiger partial charge in [-0.1, -0.05) is 23.7 Å². The molecule has 8 nitrogen and oxygen atoms in total. The molecule has 0 saturated carbocycles. The van der Waals surface area contributed by atoms with Gasteiger partial charge in [0.15, 0.2) is 6.61 Å². The summed E-state index contributed by atoms with van der Waals surface area (Å²) in [7, 11) is 2.96. The Morgan fingerprint density at radius 1 is 1.03 bits per heavy atom. The highest BCUT2D eigenvalue weighted by Gasteiger charge is 2.16. The Morgan fingerprint density at radius 3 is 2.45 bits per heavy atom. The number of anilines is 2. The van der Waals surface area contributed by atoms with Crippen LogP contribution in [0.4, 0.5) is 11.4 Å². The maximum atomic E-state index is 12.3. The summed E-state index contributed by atoms with van der Waals surface area (Å²) in [6.07, 6.45) is 0. The predicted octanol–water partition coefficient (Wildman–Crippen LogP) is 2.78. The highest BCUT2D eigenvalue weighted by Crippen LogP contribution is 2.27. The van der Waals surface area contributed by atoms with Crippen LogP contribution in [0.2, 0.25) is 5.02 Å². The molecule has 2 aromatic carbocycles. The van der Waals surface area contributed by atoms with Gasteiger partial charge in [0, 0.05) is 19.0 Å². The van der Waals surface area contributed by atoms with Crippen molar-refractivity contribution < 1.29 is 23.9 Å². The zero-order valence-corrected chi connectivity index (χ0v) is 17.1. The van der Waals surface area contributed by atoms with Gasteiger partial charge in [0.25, 0.3) is 5.91 Å². The van der Waals surface area contributed by atoms with E-state index in [-0.39, 0.29) is 19.1 Å². The molecule has 0 radical (unpaired) electrons. The molecule has 0 aliphatic carbocycles. The standard InChI is InChI=1S/C20H22ClN3O5/c1-13(25)22-15-6-4-5-7-18(15)29-12-20(27)24(2)11-19(26)23-16-10-14(21)8-9-17(16)28-3/h4-10H,11-12H2,1-3H3,(H,22,25)(H,23,26). The van der Waals surface area contributed by atoms with Crippen LogP contribution in [0.3, 0.4) is 0 Å². The van der Waals surface area contributed by atoms with E-state index in [0.717, 1.165) is 0 Å². The van der Waals surface area contributed by atoms with E-state index in [9.17, 15) is 14.4 Å². The quantitative estimate of drug-likeness (QED) is 0.685. The number of hydrogen-bond donors (Lipinski definition) is 2. The number of halogens is 1. The van der Waals surface area contributed by atoms with Crippen LogP contribution in [0.1, 0.15) is 6.92 Å². The first-order chi connectivity index (χ1) is 13.8. The Morgan fingerprint density at radius 2 is 1.76 bits per heavy atom. The lowest BCUT2D eigenvalue weighted by Gasteiger charge is -2.18. The summed E-state index contributed by atoms with van der Waals surface area (Å²) >= 11 is 5.94. The number of para-hydroxylation sites is 2. The average molecular weight is 420 g/mol. The summed E-state index contributed by atoms with van der Waals surface area (Å²) < 4.78 is 10.7. The summed E-state index contributed by atoms with van der Waals surface area (Å²) in [5.41, 5.74) is 0.868. The Hall–Kier alpha value is -3.26. The first kappa shape index (κ1) is 22.0. The largest absolute Gasteiger partial charge is 0.495 e. The minimum atomic E-state index is -0.417. The Balaban J connectivity index is 1.92. The van der Waals surface area contributed by atoms with Crippen LogP contribution >= 0.6 is 11.6 Å². The molecule has 29 heavy (non-hydrogen) atoms. The molecule has 0 fully saturated rings. The van der Waals surface area contributed by atoms with Gasteiger partial charge < -0.3 is 25.0 Å². The zero-order valence-electron chi connectivity index (χ0n) is 16.3. The van der Waals surface area contributed by atoms with Gasteiger partial charge in [0.2, 0.25) is 11.8 Å². The molecule has 0 aromatic heterocycles. The van der Waals surface area contributed by atoms with Crippen LogP contribution in [0.25, 0.3) is 0 Å². The molecule has 0 bridgehead atoms. The van der Waals surface area contributed by atoms with E-state index in [1.165, 1.54) is 26.0 Å². The number of methoxy groups -OCH3 is 1.